The first-order valence-corrected chi connectivity index (χ1v) is 12.9. The number of phenolic OH excluding ortho intramolecular Hbond substituents is 1. The van der Waals surface area contributed by atoms with Gasteiger partial charge in [-0.15, -0.1) is 11.3 Å². The number of phenols is 1. The molecule has 5 rings (SSSR count). The normalized spacial score (nSPS) is 10.9. The number of carbonyl (C=O) groups excluding carboxylic acids is 3. The molecule has 0 radical (unpaired) electrons. The van der Waals surface area contributed by atoms with Gasteiger partial charge in [0.2, 0.25) is 0 Å². The highest BCUT2D eigenvalue weighted by Crippen LogP contribution is 2.41. The number of methoxy groups -OCH3 is 2. The van der Waals surface area contributed by atoms with E-state index >= 15 is 0 Å². The quantitative estimate of drug-likeness (QED) is 0.245. The number of anilines is 1. The molecule has 5 aromatic rings. The zero-order valence-electron chi connectivity index (χ0n) is 20.2. The Kier molecular flexibility index (Phi) is 6.99. The van der Waals surface area contributed by atoms with Gasteiger partial charge in [0.25, 0.3) is 5.91 Å². The zero-order chi connectivity index (χ0) is 26.8. The van der Waals surface area contributed by atoms with Crippen LogP contribution >= 0.6 is 23.1 Å². The first-order valence-electron chi connectivity index (χ1n) is 11.3. The topological polar surface area (TPSA) is 115 Å². The second-order valence-electron chi connectivity index (χ2n) is 8.10. The molecule has 8 nitrogen and oxygen atoms in total. The van der Waals surface area contributed by atoms with E-state index in [2.05, 4.69) is 10.3 Å². The third-order valence-electron chi connectivity index (χ3n) is 5.73. The molecule has 0 aliphatic carbocycles. The number of rotatable bonds is 6. The number of hydrogen-bond acceptors (Lipinski definition) is 9. The van der Waals surface area contributed by atoms with E-state index in [-0.39, 0.29) is 28.1 Å². The number of para-hydroxylation sites is 1. The lowest BCUT2D eigenvalue weighted by Crippen LogP contribution is -2.15. The predicted octanol–water partition coefficient (Wildman–Crippen LogP) is 6.13. The van der Waals surface area contributed by atoms with Crippen molar-refractivity contribution >= 4 is 67.6 Å². The van der Waals surface area contributed by atoms with Crippen LogP contribution in [0.15, 0.2) is 82.0 Å². The number of carbonyl (C=O) groups is 3. The molecule has 2 N–H and O–H groups in total. The third-order valence-corrected chi connectivity index (χ3v) is 7.88. The maximum absolute atomic E-state index is 13.4. The van der Waals surface area contributed by atoms with Gasteiger partial charge in [0.1, 0.15) is 5.75 Å². The number of esters is 2. The van der Waals surface area contributed by atoms with Crippen LogP contribution in [0.5, 0.6) is 5.75 Å². The average Bonchev–Trinajstić information content (AvgIpc) is 3.35. The molecule has 1 amide bonds. The maximum Gasteiger partial charge on any atom is 0.337 e. The van der Waals surface area contributed by atoms with Crippen LogP contribution in [0.25, 0.3) is 21.0 Å². The molecule has 0 unspecified atom stereocenters. The van der Waals surface area contributed by atoms with Crippen molar-refractivity contribution in [3.8, 4) is 5.75 Å². The molecule has 190 valence electrons. The van der Waals surface area contributed by atoms with Gasteiger partial charge in [0, 0.05) is 16.0 Å². The van der Waals surface area contributed by atoms with Gasteiger partial charge in [-0.05, 0) is 41.8 Å². The summed E-state index contributed by atoms with van der Waals surface area (Å²) >= 11 is 2.94. The van der Waals surface area contributed by atoms with Crippen LogP contribution in [-0.4, -0.2) is 42.2 Å². The van der Waals surface area contributed by atoms with E-state index < -0.39 is 17.8 Å². The highest BCUT2D eigenvalue weighted by molar-refractivity contribution is 8.01. The van der Waals surface area contributed by atoms with Crippen LogP contribution < -0.4 is 5.32 Å². The summed E-state index contributed by atoms with van der Waals surface area (Å²) in [6.45, 7) is 0. The number of aromatic hydroxyl groups is 1. The lowest BCUT2D eigenvalue weighted by atomic mass is 10.0. The van der Waals surface area contributed by atoms with E-state index in [4.69, 9.17) is 9.47 Å². The van der Waals surface area contributed by atoms with E-state index in [1.54, 1.807) is 18.2 Å². The number of nitrogens with one attached hydrogen (secondary N) is 1. The van der Waals surface area contributed by atoms with Gasteiger partial charge in [0.15, 0.2) is 4.34 Å². The number of ether oxygens (including phenoxy) is 2. The Morgan fingerprint density at radius 1 is 0.868 bits per heavy atom. The molecule has 0 saturated heterocycles. The van der Waals surface area contributed by atoms with Crippen LogP contribution in [-0.2, 0) is 9.47 Å². The number of hydrogen-bond donors (Lipinski definition) is 2. The SMILES string of the molecule is COC(=O)c1cc(NC(=O)c2cc(Sc3nc4ccccc4s3)c3ccccc3c2O)cc(C(=O)OC)c1. The minimum Gasteiger partial charge on any atom is -0.506 e. The van der Waals surface area contributed by atoms with Crippen molar-refractivity contribution in [1.29, 1.82) is 0 Å². The molecule has 0 spiro atoms. The van der Waals surface area contributed by atoms with Gasteiger partial charge >= 0.3 is 11.9 Å². The van der Waals surface area contributed by atoms with Crippen molar-refractivity contribution in [2.75, 3.05) is 19.5 Å². The third kappa shape index (κ3) is 4.91. The summed E-state index contributed by atoms with van der Waals surface area (Å²) in [6, 6.07) is 20.7. The Bertz CT molecular complexity index is 1660. The van der Waals surface area contributed by atoms with Crippen LogP contribution in [0.2, 0.25) is 0 Å². The fraction of sp³-hybridized carbons (Fsp3) is 0.0714. The number of thiazole rings is 1. The lowest BCUT2D eigenvalue weighted by Gasteiger charge is -2.13. The van der Waals surface area contributed by atoms with Gasteiger partial charge in [-0.2, -0.15) is 0 Å². The molecule has 0 aliphatic rings. The van der Waals surface area contributed by atoms with Crippen molar-refractivity contribution in [2.24, 2.45) is 0 Å². The average molecular weight is 545 g/mol. The van der Waals surface area contributed by atoms with Crippen LogP contribution in [0.3, 0.4) is 0 Å². The summed E-state index contributed by atoms with van der Waals surface area (Å²) < 4.78 is 11.4. The molecule has 0 aliphatic heterocycles. The zero-order valence-corrected chi connectivity index (χ0v) is 21.8. The number of benzene rings is 4. The van der Waals surface area contributed by atoms with Crippen molar-refractivity contribution in [3.05, 3.63) is 89.5 Å². The molecule has 10 heteroatoms. The molecule has 4 aromatic carbocycles. The predicted molar refractivity (Wildman–Crippen MR) is 146 cm³/mol. The molecule has 0 bridgehead atoms. The summed E-state index contributed by atoms with van der Waals surface area (Å²) in [7, 11) is 2.42. The molecule has 0 atom stereocenters. The summed E-state index contributed by atoms with van der Waals surface area (Å²) in [4.78, 5) is 43.1. The van der Waals surface area contributed by atoms with Gasteiger partial charge in [0.05, 0.1) is 41.1 Å². The summed E-state index contributed by atoms with van der Waals surface area (Å²) in [5, 5.41) is 15.0. The molecule has 1 aromatic heterocycles. The van der Waals surface area contributed by atoms with Crippen molar-refractivity contribution in [1.82, 2.24) is 4.98 Å². The van der Waals surface area contributed by atoms with Crippen molar-refractivity contribution in [3.63, 3.8) is 0 Å². The summed E-state index contributed by atoms with van der Waals surface area (Å²) in [5.41, 5.74) is 1.18. The Labute approximate surface area is 225 Å². The molecule has 0 saturated carbocycles. The molecule has 1 heterocycles. The number of fused-ring (bicyclic) bond motifs is 2. The van der Waals surface area contributed by atoms with Crippen molar-refractivity contribution < 1.29 is 29.0 Å². The standard InChI is InChI=1S/C28H20N2O6S2/c1-35-26(33)15-11-16(27(34)36-2)13-17(12-15)29-25(32)20-14-23(18-7-3-4-8-19(18)24(20)31)38-28-30-21-9-5-6-10-22(21)37-28/h3-14,31H,1-2H3,(H,29,32). The van der Waals surface area contributed by atoms with Gasteiger partial charge in [-0.1, -0.05) is 48.2 Å². The van der Waals surface area contributed by atoms with E-state index in [1.807, 2.05) is 36.4 Å². The van der Waals surface area contributed by atoms with Crippen molar-refractivity contribution in [2.45, 2.75) is 9.24 Å². The monoisotopic (exact) mass is 544 g/mol. The number of amides is 1. The molecular weight excluding hydrogens is 524 g/mol. The Hall–Kier alpha value is -4.41. The first-order chi connectivity index (χ1) is 18.4. The molecule has 38 heavy (non-hydrogen) atoms. The minimum absolute atomic E-state index is 0.0235. The van der Waals surface area contributed by atoms with Gasteiger partial charge in [-0.3, -0.25) is 4.79 Å². The second kappa shape index (κ2) is 10.5. The second-order valence-corrected chi connectivity index (χ2v) is 10.4. The lowest BCUT2D eigenvalue weighted by molar-refractivity contribution is 0.0598. The largest absolute Gasteiger partial charge is 0.506 e. The maximum atomic E-state index is 13.4. The molecule has 0 fully saturated rings. The highest BCUT2D eigenvalue weighted by atomic mass is 32.2. The fourth-order valence-electron chi connectivity index (χ4n) is 3.94. The first kappa shape index (κ1) is 25.2. The van der Waals surface area contributed by atoms with Crippen LogP contribution in [0, 0.1) is 0 Å². The van der Waals surface area contributed by atoms with Gasteiger partial charge in [-0.25, -0.2) is 14.6 Å². The highest BCUT2D eigenvalue weighted by Gasteiger charge is 2.21. The van der Waals surface area contributed by atoms with Crippen LogP contribution in [0.4, 0.5) is 5.69 Å². The Balaban J connectivity index is 1.55. The van der Waals surface area contributed by atoms with E-state index in [9.17, 15) is 19.5 Å². The molecular formula is C28H20N2O6S2. The van der Waals surface area contributed by atoms with Crippen LogP contribution in [0.1, 0.15) is 31.1 Å². The summed E-state index contributed by atoms with van der Waals surface area (Å²) in [5.74, 6) is -2.19. The Morgan fingerprint density at radius 2 is 1.50 bits per heavy atom. The van der Waals surface area contributed by atoms with E-state index in [1.165, 1.54) is 55.5 Å². The van der Waals surface area contributed by atoms with E-state index in [0.29, 0.717) is 5.39 Å². The Morgan fingerprint density at radius 3 is 2.16 bits per heavy atom. The fourth-order valence-corrected chi connectivity index (χ4v) is 6.14. The number of nitrogens with zero attached hydrogens (tertiary/aromatic N) is 1. The number of aromatic nitrogens is 1. The summed E-state index contributed by atoms with van der Waals surface area (Å²) in [6.07, 6.45) is 0. The van der Waals surface area contributed by atoms with E-state index in [0.717, 1.165) is 24.8 Å². The van der Waals surface area contributed by atoms with Gasteiger partial charge < -0.3 is 19.9 Å². The smallest absolute Gasteiger partial charge is 0.337 e. The minimum atomic E-state index is -0.686.